The molecular formula is C12H12NO8S-. The number of aliphatic carboxylic acids is 1. The molecule has 0 aromatic heterocycles. The molecule has 120 valence electrons. The first-order valence-electron chi connectivity index (χ1n) is 6.13. The van der Waals surface area contributed by atoms with Crippen LogP contribution < -0.4 is 5.11 Å². The molecule has 0 aliphatic carbocycles. The topological polar surface area (TPSA) is 141 Å². The van der Waals surface area contributed by atoms with Gasteiger partial charge in [0.15, 0.2) is 15.2 Å². The second kappa shape index (κ2) is 5.54. The number of fused-ring (bicyclic) bond motifs is 1. The van der Waals surface area contributed by atoms with Crippen LogP contribution in [-0.2, 0) is 29.0 Å². The molecule has 0 unspecified atom stereocenters. The van der Waals surface area contributed by atoms with Crippen molar-refractivity contribution >= 4 is 27.7 Å². The van der Waals surface area contributed by atoms with E-state index >= 15 is 0 Å². The second-order valence-corrected chi connectivity index (χ2v) is 6.76. The molecule has 0 spiro atoms. The predicted molar refractivity (Wildman–Crippen MR) is 68.3 cm³/mol. The van der Waals surface area contributed by atoms with Gasteiger partial charge in [0.25, 0.3) is 5.91 Å². The lowest BCUT2D eigenvalue weighted by atomic mass is 10.0. The van der Waals surface area contributed by atoms with E-state index in [1.165, 1.54) is 0 Å². The predicted octanol–water partition coefficient (Wildman–Crippen LogP) is -2.93. The van der Waals surface area contributed by atoms with Gasteiger partial charge in [-0.15, -0.1) is 0 Å². The molecule has 0 saturated carbocycles. The molecule has 9 nitrogen and oxygen atoms in total. The number of rotatable bonds is 4. The number of amides is 1. The van der Waals surface area contributed by atoms with Gasteiger partial charge in [-0.05, 0) is 6.08 Å². The first-order valence-corrected chi connectivity index (χ1v) is 7.85. The van der Waals surface area contributed by atoms with Crippen LogP contribution in [0.2, 0.25) is 0 Å². The molecule has 2 aliphatic rings. The Kier molecular flexibility index (Phi) is 4.07. The number of aliphatic hydroxyl groups excluding tert-OH is 1. The minimum atomic E-state index is -3.91. The summed E-state index contributed by atoms with van der Waals surface area (Å²) in [5.41, 5.74) is -1.03. The summed E-state index contributed by atoms with van der Waals surface area (Å²) in [6.45, 7) is -0.0325. The maximum atomic E-state index is 12.2. The molecule has 1 saturated heterocycles. The SMILES string of the molecule is CC(=O)OCC1=C(C(=O)[O-])N2C(=O)/C(=C/CO)[C@H]2S(=O)(=O)C1. The van der Waals surface area contributed by atoms with Gasteiger partial charge in [0.1, 0.15) is 6.61 Å². The van der Waals surface area contributed by atoms with Crippen LogP contribution in [0.4, 0.5) is 0 Å². The van der Waals surface area contributed by atoms with Gasteiger partial charge < -0.3 is 19.7 Å². The summed E-state index contributed by atoms with van der Waals surface area (Å²) < 4.78 is 29.0. The second-order valence-electron chi connectivity index (χ2n) is 4.70. The third kappa shape index (κ3) is 2.50. The molecule has 22 heavy (non-hydrogen) atoms. The van der Waals surface area contributed by atoms with E-state index in [1.54, 1.807) is 0 Å². The number of esters is 1. The summed E-state index contributed by atoms with van der Waals surface area (Å²) in [4.78, 5) is 34.6. The number of sulfone groups is 1. The van der Waals surface area contributed by atoms with Crippen LogP contribution in [0.25, 0.3) is 0 Å². The molecule has 0 aromatic carbocycles. The Balaban J connectivity index is 2.50. The average molecular weight is 330 g/mol. The standard InChI is InChI=1S/C12H13NO8S/c1-6(15)21-4-7-5-22(19,20)11-8(2-3-14)10(16)13(11)9(7)12(17)18/h2,11,14H,3-5H2,1H3,(H,17,18)/p-1/b8-2-/t11-/m1/s1. The minimum Gasteiger partial charge on any atom is -0.543 e. The highest BCUT2D eigenvalue weighted by Gasteiger charge is 2.55. The zero-order valence-electron chi connectivity index (χ0n) is 11.4. The lowest BCUT2D eigenvalue weighted by Gasteiger charge is -2.47. The van der Waals surface area contributed by atoms with Crippen LogP contribution >= 0.6 is 0 Å². The maximum Gasteiger partial charge on any atom is 0.302 e. The lowest BCUT2D eigenvalue weighted by Crippen LogP contribution is -2.63. The van der Waals surface area contributed by atoms with Crippen LogP contribution in [0.15, 0.2) is 22.9 Å². The van der Waals surface area contributed by atoms with E-state index in [9.17, 15) is 27.9 Å². The van der Waals surface area contributed by atoms with Crippen molar-refractivity contribution in [2.75, 3.05) is 19.0 Å². The first kappa shape index (κ1) is 16.2. The number of carbonyl (C=O) groups is 3. The number of carboxylic acid groups (broad SMARTS) is 1. The smallest absolute Gasteiger partial charge is 0.302 e. The Bertz CT molecular complexity index is 717. The minimum absolute atomic E-state index is 0.187. The van der Waals surface area contributed by atoms with Gasteiger partial charge in [-0.2, -0.15) is 0 Å². The molecule has 2 heterocycles. The highest BCUT2D eigenvalue weighted by Crippen LogP contribution is 2.39. The Morgan fingerprint density at radius 1 is 1.50 bits per heavy atom. The van der Waals surface area contributed by atoms with Crippen molar-refractivity contribution in [2.45, 2.75) is 12.3 Å². The summed E-state index contributed by atoms with van der Waals surface area (Å²) in [6, 6.07) is 0. The Hall–Kier alpha value is -2.20. The molecule has 2 aliphatic heterocycles. The molecule has 0 bridgehead atoms. The third-order valence-electron chi connectivity index (χ3n) is 3.21. The Labute approximate surface area is 125 Å². The van der Waals surface area contributed by atoms with Crippen molar-refractivity contribution in [1.29, 1.82) is 0 Å². The Morgan fingerprint density at radius 2 is 2.14 bits per heavy atom. The quantitative estimate of drug-likeness (QED) is 0.328. The number of β-lactam (4-membered cyclic amide) rings is 1. The molecule has 1 fully saturated rings. The Morgan fingerprint density at radius 3 is 2.64 bits per heavy atom. The fraction of sp³-hybridized carbons (Fsp3) is 0.417. The van der Waals surface area contributed by atoms with Crippen molar-refractivity contribution in [1.82, 2.24) is 4.90 Å². The molecule has 1 atom stereocenters. The van der Waals surface area contributed by atoms with E-state index in [4.69, 9.17) is 5.11 Å². The van der Waals surface area contributed by atoms with Crippen LogP contribution in [0.5, 0.6) is 0 Å². The van der Waals surface area contributed by atoms with Crippen LogP contribution in [0.1, 0.15) is 6.92 Å². The molecule has 10 heteroatoms. The van der Waals surface area contributed by atoms with E-state index < -0.39 is 57.7 Å². The van der Waals surface area contributed by atoms with Crippen molar-refractivity contribution < 1.29 is 37.8 Å². The fourth-order valence-corrected chi connectivity index (χ4v) is 4.36. The number of hydrogen-bond donors (Lipinski definition) is 1. The van der Waals surface area contributed by atoms with E-state index in [2.05, 4.69) is 4.74 Å². The van der Waals surface area contributed by atoms with E-state index in [1.807, 2.05) is 0 Å². The van der Waals surface area contributed by atoms with Crippen molar-refractivity contribution in [3.8, 4) is 0 Å². The van der Waals surface area contributed by atoms with Gasteiger partial charge in [0.2, 0.25) is 0 Å². The summed E-state index contributed by atoms with van der Waals surface area (Å²) >= 11 is 0. The number of ether oxygens (including phenoxy) is 1. The molecule has 1 amide bonds. The zero-order chi connectivity index (χ0) is 16.7. The fourth-order valence-electron chi connectivity index (χ4n) is 2.39. The number of carbonyl (C=O) groups excluding carboxylic acids is 3. The summed E-state index contributed by atoms with van der Waals surface area (Å²) in [5.74, 6) is -3.98. The monoisotopic (exact) mass is 330 g/mol. The summed E-state index contributed by atoms with van der Waals surface area (Å²) in [5, 5.41) is 18.6. The van der Waals surface area contributed by atoms with Gasteiger partial charge in [-0.25, -0.2) is 8.42 Å². The molecule has 0 radical (unpaired) electrons. The van der Waals surface area contributed by atoms with Gasteiger partial charge in [0, 0.05) is 12.5 Å². The summed E-state index contributed by atoms with van der Waals surface area (Å²) in [7, 11) is -3.91. The van der Waals surface area contributed by atoms with Gasteiger partial charge >= 0.3 is 5.97 Å². The number of hydrogen-bond acceptors (Lipinski definition) is 8. The van der Waals surface area contributed by atoms with Gasteiger partial charge in [-0.1, -0.05) is 0 Å². The van der Waals surface area contributed by atoms with E-state index in [0.29, 0.717) is 4.90 Å². The van der Waals surface area contributed by atoms with Crippen molar-refractivity contribution in [2.24, 2.45) is 0 Å². The largest absolute Gasteiger partial charge is 0.543 e. The highest BCUT2D eigenvalue weighted by atomic mass is 32.2. The first-order chi connectivity index (χ1) is 10.2. The number of carboxylic acids is 1. The zero-order valence-corrected chi connectivity index (χ0v) is 12.3. The molecule has 0 aromatic rings. The normalized spacial score (nSPS) is 24.8. The van der Waals surface area contributed by atoms with Crippen molar-refractivity contribution in [3.63, 3.8) is 0 Å². The van der Waals surface area contributed by atoms with Crippen LogP contribution in [0, 0.1) is 0 Å². The maximum absolute atomic E-state index is 12.2. The lowest BCUT2D eigenvalue weighted by molar-refractivity contribution is -0.301. The third-order valence-corrected chi connectivity index (χ3v) is 5.11. The highest BCUT2D eigenvalue weighted by molar-refractivity contribution is 7.92. The van der Waals surface area contributed by atoms with Gasteiger partial charge in [0.05, 0.1) is 29.6 Å². The molecule has 2 rings (SSSR count). The number of nitrogens with zero attached hydrogens (tertiary/aromatic N) is 1. The van der Waals surface area contributed by atoms with Crippen LogP contribution in [-0.4, -0.2) is 60.6 Å². The van der Waals surface area contributed by atoms with Crippen LogP contribution in [0.3, 0.4) is 0 Å². The molecular weight excluding hydrogens is 318 g/mol. The average Bonchev–Trinajstić information content (AvgIpc) is 2.40. The van der Waals surface area contributed by atoms with E-state index in [-0.39, 0.29) is 11.1 Å². The summed E-state index contributed by atoms with van der Waals surface area (Å²) in [6.07, 6.45) is 1.02. The van der Waals surface area contributed by atoms with Gasteiger partial charge in [-0.3, -0.25) is 14.5 Å². The van der Waals surface area contributed by atoms with Crippen molar-refractivity contribution in [3.05, 3.63) is 22.9 Å². The number of aliphatic hydroxyl groups is 1. The van der Waals surface area contributed by atoms with E-state index in [0.717, 1.165) is 13.0 Å². The molecule has 1 N–H and O–H groups in total.